The third-order valence-corrected chi connectivity index (χ3v) is 14.1. The number of aliphatic carboxylic acids is 1. The number of esters is 2. The van der Waals surface area contributed by atoms with Crippen molar-refractivity contribution < 1.29 is 42.9 Å². The molecule has 0 aromatic heterocycles. The number of hydrogen-bond acceptors (Lipinski definition) is 8. The highest BCUT2D eigenvalue weighted by Gasteiger charge is 2.22. The van der Waals surface area contributed by atoms with Gasteiger partial charge in [0.2, 0.25) is 0 Å². The van der Waals surface area contributed by atoms with Crippen molar-refractivity contribution in [2.24, 2.45) is 0 Å². The molecule has 79 heavy (non-hydrogen) atoms. The minimum atomic E-state index is -1.63. The maximum absolute atomic E-state index is 12.9. The first-order valence-electron chi connectivity index (χ1n) is 32.7. The monoisotopic (exact) mass is 1110 g/mol. The summed E-state index contributed by atoms with van der Waals surface area (Å²) in [7, 11) is 5.92. The largest absolute Gasteiger partial charge is 0.545 e. The second-order valence-electron chi connectivity index (χ2n) is 23.0. The molecule has 0 amide bonds. The van der Waals surface area contributed by atoms with Crippen molar-refractivity contribution >= 4 is 17.9 Å². The van der Waals surface area contributed by atoms with E-state index in [1.54, 1.807) is 0 Å². The van der Waals surface area contributed by atoms with Crippen molar-refractivity contribution in [1.82, 2.24) is 0 Å². The number of quaternary nitrogens is 1. The van der Waals surface area contributed by atoms with E-state index >= 15 is 0 Å². The normalized spacial score (nSPS) is 13.3. The fourth-order valence-electron chi connectivity index (χ4n) is 9.12. The first-order valence-corrected chi connectivity index (χ1v) is 32.7. The van der Waals surface area contributed by atoms with Gasteiger partial charge in [0, 0.05) is 12.8 Å². The van der Waals surface area contributed by atoms with E-state index in [-0.39, 0.29) is 38.6 Å². The quantitative estimate of drug-likeness (QED) is 0.0195. The molecule has 0 aromatic carbocycles. The zero-order valence-electron chi connectivity index (χ0n) is 52.0. The van der Waals surface area contributed by atoms with Crippen LogP contribution in [0.2, 0.25) is 0 Å². The van der Waals surface area contributed by atoms with E-state index in [2.05, 4.69) is 98.9 Å². The zero-order chi connectivity index (χ0) is 57.6. The molecule has 0 aromatic rings. The number of carboxylic acids is 1. The van der Waals surface area contributed by atoms with Gasteiger partial charge in [-0.3, -0.25) is 9.59 Å². The van der Waals surface area contributed by atoms with Crippen LogP contribution in [0.1, 0.15) is 284 Å². The molecule has 0 fully saturated rings. The molecule has 0 aliphatic carbocycles. The molecule has 0 aliphatic heterocycles. The topological polar surface area (TPSA) is 111 Å². The average molecular weight is 1110 g/mol. The highest BCUT2D eigenvalue weighted by molar-refractivity contribution is 5.70. The summed E-state index contributed by atoms with van der Waals surface area (Å²) in [5.41, 5.74) is 0. The van der Waals surface area contributed by atoms with Crippen molar-refractivity contribution in [3.8, 4) is 0 Å². The highest BCUT2D eigenvalue weighted by atomic mass is 16.7. The van der Waals surface area contributed by atoms with Crippen LogP contribution >= 0.6 is 0 Å². The Hall–Kier alpha value is -3.53. The van der Waals surface area contributed by atoms with Crippen LogP contribution < -0.4 is 5.11 Å². The molecule has 9 heteroatoms. The number of carbonyl (C=O) groups is 3. The lowest BCUT2D eigenvalue weighted by Gasteiger charge is -2.26. The lowest BCUT2D eigenvalue weighted by atomic mass is 10.0. The van der Waals surface area contributed by atoms with Gasteiger partial charge in [-0.15, -0.1) is 0 Å². The summed E-state index contributed by atoms with van der Waals surface area (Å²) < 4.78 is 22.8. The van der Waals surface area contributed by atoms with Gasteiger partial charge >= 0.3 is 11.9 Å². The van der Waals surface area contributed by atoms with E-state index in [9.17, 15) is 19.5 Å². The number of allylic oxidation sites excluding steroid dienone is 14. The van der Waals surface area contributed by atoms with Crippen LogP contribution in [0.25, 0.3) is 0 Å². The predicted molar refractivity (Wildman–Crippen MR) is 334 cm³/mol. The van der Waals surface area contributed by atoms with Crippen LogP contribution in [0, 0.1) is 0 Å². The second-order valence-corrected chi connectivity index (χ2v) is 23.0. The zero-order valence-corrected chi connectivity index (χ0v) is 52.0. The van der Waals surface area contributed by atoms with E-state index in [1.165, 1.54) is 167 Å². The van der Waals surface area contributed by atoms with Crippen molar-refractivity contribution in [3.63, 3.8) is 0 Å². The van der Waals surface area contributed by atoms with E-state index < -0.39 is 24.3 Å². The smallest absolute Gasteiger partial charge is 0.306 e. The van der Waals surface area contributed by atoms with Crippen LogP contribution in [0.15, 0.2) is 85.1 Å². The molecule has 0 N–H and O–H groups in total. The maximum Gasteiger partial charge on any atom is 0.306 e. The summed E-state index contributed by atoms with van der Waals surface area (Å²) >= 11 is 0. The number of hydrogen-bond donors (Lipinski definition) is 0. The Balaban J connectivity index is 4.13. The van der Waals surface area contributed by atoms with Crippen molar-refractivity contribution in [1.29, 1.82) is 0 Å². The van der Waals surface area contributed by atoms with Gasteiger partial charge in [0.05, 0.1) is 40.3 Å². The van der Waals surface area contributed by atoms with Gasteiger partial charge in [0.15, 0.2) is 12.4 Å². The Kier molecular flexibility index (Phi) is 57.9. The molecular weight excluding hydrogens is 983 g/mol. The molecule has 0 bridgehead atoms. The summed E-state index contributed by atoms with van der Waals surface area (Å²) in [6, 6.07) is 0. The lowest BCUT2D eigenvalue weighted by molar-refractivity contribution is -0.870. The van der Waals surface area contributed by atoms with Crippen molar-refractivity contribution in [3.05, 3.63) is 85.1 Å². The first-order chi connectivity index (χ1) is 38.6. The highest BCUT2D eigenvalue weighted by Crippen LogP contribution is 2.17. The van der Waals surface area contributed by atoms with Crippen LogP contribution in [-0.2, 0) is 33.3 Å². The fraction of sp³-hybridized carbons (Fsp3) is 0.757. The van der Waals surface area contributed by atoms with Gasteiger partial charge < -0.3 is 33.3 Å². The first kappa shape index (κ1) is 75.5. The maximum atomic E-state index is 12.9. The van der Waals surface area contributed by atoms with Gasteiger partial charge in [-0.25, -0.2) is 0 Å². The Bertz CT molecular complexity index is 1570. The molecule has 0 spiro atoms. The number of carbonyl (C=O) groups excluding carboxylic acids is 3. The van der Waals surface area contributed by atoms with Gasteiger partial charge in [-0.1, -0.05) is 266 Å². The SMILES string of the molecule is CC/C=C\C/C=C\C/C=C\C/C=C\CCCCCCCCCCCCCCCCCCCCCCC(=O)OC(COC(=O)CCCCCCCC/C=C\C/C=C\C/C=C\CCCCCCC)COC(OCC[N+](C)(C)C)C(=O)[O-]. The summed E-state index contributed by atoms with van der Waals surface area (Å²) in [5, 5.41) is 11.8. The summed E-state index contributed by atoms with van der Waals surface area (Å²) in [4.78, 5) is 37.4. The number of carboxylic acid groups (broad SMARTS) is 1. The molecule has 0 radical (unpaired) electrons. The molecule has 456 valence electrons. The Morgan fingerprint density at radius 3 is 1.08 bits per heavy atom. The van der Waals surface area contributed by atoms with Crippen LogP contribution in [-0.4, -0.2) is 82.3 Å². The molecule has 2 unspecified atom stereocenters. The van der Waals surface area contributed by atoms with Crippen molar-refractivity contribution in [2.75, 3.05) is 47.5 Å². The number of ether oxygens (including phenoxy) is 4. The van der Waals surface area contributed by atoms with Gasteiger partial charge in [-0.05, 0) is 89.9 Å². The van der Waals surface area contributed by atoms with Gasteiger partial charge in [-0.2, -0.15) is 0 Å². The number of likely N-dealkylation sites (N-methyl/N-ethyl adjacent to an activating group) is 1. The number of nitrogens with zero attached hydrogens (tertiary/aromatic N) is 1. The molecule has 9 nitrogen and oxygen atoms in total. The van der Waals surface area contributed by atoms with Crippen LogP contribution in [0.4, 0.5) is 0 Å². The molecular formula is C70H123NO8. The average Bonchev–Trinajstić information content (AvgIpc) is 3.42. The summed E-state index contributed by atoms with van der Waals surface area (Å²) in [5.74, 6) is -2.29. The van der Waals surface area contributed by atoms with E-state index in [1.807, 2.05) is 21.1 Å². The second kappa shape index (κ2) is 60.6. The fourth-order valence-corrected chi connectivity index (χ4v) is 9.12. The Morgan fingerprint density at radius 1 is 0.392 bits per heavy atom. The minimum absolute atomic E-state index is 0.144. The number of rotatable bonds is 60. The van der Waals surface area contributed by atoms with Crippen molar-refractivity contribution in [2.45, 2.75) is 296 Å². The summed E-state index contributed by atoms with van der Waals surface area (Å²) in [6.07, 6.45) is 77.9. The van der Waals surface area contributed by atoms with Crippen LogP contribution in [0.3, 0.4) is 0 Å². The third kappa shape index (κ3) is 61.9. The van der Waals surface area contributed by atoms with E-state index in [4.69, 9.17) is 18.9 Å². The molecule has 0 heterocycles. The Labute approximate surface area is 487 Å². The predicted octanol–water partition coefficient (Wildman–Crippen LogP) is 18.6. The standard InChI is InChI=1S/C70H123NO8/c1-6-8-10-12-14-16-18-20-22-24-26-28-29-30-31-32-33-34-35-36-37-38-39-41-43-45-47-49-51-53-55-57-59-61-68(73)79-66(65-78-70(69(74)75)76-63-62-71(3,4)5)64-77-67(72)60-58-56-54-52-50-48-46-44-42-40-27-25-23-21-19-17-15-13-11-9-7-2/h8,10,14,16,19-22,25-28,42,44,66,70H,6-7,9,11-13,15,17-18,23-24,29-41,43,45-65H2,1-5H3/b10-8-,16-14-,21-19-,22-20-,27-25-,28-26-,44-42-. The molecule has 0 aliphatic rings. The molecule has 0 saturated heterocycles. The van der Waals surface area contributed by atoms with Gasteiger partial charge in [0.1, 0.15) is 13.2 Å². The van der Waals surface area contributed by atoms with E-state index in [0.717, 1.165) is 83.5 Å². The van der Waals surface area contributed by atoms with Crippen LogP contribution in [0.5, 0.6) is 0 Å². The molecule has 2 atom stereocenters. The molecule has 0 rings (SSSR count). The molecule has 0 saturated carbocycles. The number of unbranched alkanes of at least 4 members (excludes halogenated alkanes) is 31. The minimum Gasteiger partial charge on any atom is -0.545 e. The van der Waals surface area contributed by atoms with Gasteiger partial charge in [0.25, 0.3) is 0 Å². The summed E-state index contributed by atoms with van der Waals surface area (Å²) in [6.45, 7) is 4.63. The lowest BCUT2D eigenvalue weighted by Crippen LogP contribution is -2.44. The third-order valence-electron chi connectivity index (χ3n) is 14.1. The van der Waals surface area contributed by atoms with E-state index in [0.29, 0.717) is 17.4 Å². The Morgan fingerprint density at radius 2 is 0.722 bits per heavy atom.